The smallest absolute Gasteiger partial charge is 0.122 e. The molecule has 0 atom stereocenters. The van der Waals surface area contributed by atoms with E-state index < -0.39 is 0 Å². The van der Waals surface area contributed by atoms with Gasteiger partial charge in [-0.25, -0.2) is 0 Å². The Hall–Kier alpha value is -1.04. The fraction of sp³-hybridized carbons (Fsp3) is 0.571. The van der Waals surface area contributed by atoms with E-state index in [2.05, 4.69) is 9.88 Å². The van der Waals surface area contributed by atoms with Crippen molar-refractivity contribution in [3.8, 4) is 0 Å². The molecule has 1 aromatic heterocycles. The van der Waals surface area contributed by atoms with Crippen LogP contribution in [0.1, 0.15) is 36.9 Å². The van der Waals surface area contributed by atoms with Crippen molar-refractivity contribution in [2.75, 3.05) is 13.2 Å². The zero-order chi connectivity index (χ0) is 13.7. The van der Waals surface area contributed by atoms with Crippen LogP contribution in [0.4, 0.5) is 0 Å². The molecule has 0 aliphatic heterocycles. The lowest BCUT2D eigenvalue weighted by molar-refractivity contribution is 0.109. The summed E-state index contributed by atoms with van der Waals surface area (Å²) in [7, 11) is 0. The number of aliphatic hydroxyl groups excluding tert-OH is 1. The third-order valence-corrected chi connectivity index (χ3v) is 3.87. The summed E-state index contributed by atoms with van der Waals surface area (Å²) in [6.07, 6.45) is 6.42. The Morgan fingerprint density at radius 3 is 2.89 bits per heavy atom. The summed E-state index contributed by atoms with van der Waals surface area (Å²) >= 11 is 4.96. The molecule has 1 heterocycles. The van der Waals surface area contributed by atoms with E-state index in [0.717, 1.165) is 19.5 Å². The molecule has 3 N–H and O–H groups in total. The fourth-order valence-corrected chi connectivity index (χ4v) is 2.47. The highest BCUT2D eigenvalue weighted by molar-refractivity contribution is 7.80. The Bertz CT molecular complexity index is 434. The van der Waals surface area contributed by atoms with Gasteiger partial charge in [-0.1, -0.05) is 18.6 Å². The molecule has 1 aromatic rings. The van der Waals surface area contributed by atoms with Crippen molar-refractivity contribution >= 4 is 17.2 Å². The monoisotopic (exact) mass is 279 g/mol. The van der Waals surface area contributed by atoms with Gasteiger partial charge in [0.1, 0.15) is 4.99 Å². The van der Waals surface area contributed by atoms with E-state index in [-0.39, 0.29) is 6.61 Å². The second-order valence-corrected chi connectivity index (χ2v) is 5.49. The number of hydrogen-bond donors (Lipinski definition) is 2. The molecule has 4 nitrogen and oxygen atoms in total. The Labute approximate surface area is 119 Å². The van der Waals surface area contributed by atoms with E-state index in [1.807, 2.05) is 12.1 Å². The van der Waals surface area contributed by atoms with Gasteiger partial charge in [-0.15, -0.1) is 0 Å². The maximum Gasteiger partial charge on any atom is 0.122 e. The van der Waals surface area contributed by atoms with Crippen molar-refractivity contribution in [1.29, 1.82) is 0 Å². The van der Waals surface area contributed by atoms with E-state index in [9.17, 15) is 0 Å². The second kappa shape index (κ2) is 6.93. The van der Waals surface area contributed by atoms with Crippen LogP contribution in [-0.4, -0.2) is 39.2 Å². The van der Waals surface area contributed by atoms with Gasteiger partial charge >= 0.3 is 0 Å². The molecule has 0 radical (unpaired) electrons. The first kappa shape index (κ1) is 14.4. The highest BCUT2D eigenvalue weighted by Gasteiger charge is 2.24. The third kappa shape index (κ3) is 3.96. The van der Waals surface area contributed by atoms with Crippen molar-refractivity contribution in [2.45, 2.75) is 38.3 Å². The van der Waals surface area contributed by atoms with Crippen LogP contribution in [0, 0.1) is 0 Å². The average molecular weight is 279 g/mol. The van der Waals surface area contributed by atoms with E-state index in [1.165, 1.54) is 24.8 Å². The summed E-state index contributed by atoms with van der Waals surface area (Å²) in [4.78, 5) is 6.95. The zero-order valence-electron chi connectivity index (χ0n) is 11.1. The highest BCUT2D eigenvalue weighted by atomic mass is 32.1. The molecule has 0 spiro atoms. The van der Waals surface area contributed by atoms with Gasteiger partial charge in [0.05, 0.1) is 5.69 Å². The van der Waals surface area contributed by atoms with Gasteiger partial charge in [0.15, 0.2) is 0 Å². The van der Waals surface area contributed by atoms with Gasteiger partial charge < -0.3 is 10.8 Å². The first-order valence-corrected chi connectivity index (χ1v) is 7.21. The quantitative estimate of drug-likeness (QED) is 0.740. The Balaban J connectivity index is 2.02. The Morgan fingerprint density at radius 1 is 1.53 bits per heavy atom. The Kier molecular flexibility index (Phi) is 5.24. The minimum atomic E-state index is 0.248. The molecular weight excluding hydrogens is 258 g/mol. The molecular formula is C14H21N3OS. The summed E-state index contributed by atoms with van der Waals surface area (Å²) in [5.74, 6) is 0. The molecule has 19 heavy (non-hydrogen) atoms. The molecule has 0 amide bonds. The van der Waals surface area contributed by atoms with Crippen molar-refractivity contribution < 1.29 is 5.11 Å². The average Bonchev–Trinajstić information content (AvgIpc) is 2.34. The molecule has 0 unspecified atom stereocenters. The number of aromatic nitrogens is 1. The van der Waals surface area contributed by atoms with E-state index in [4.69, 9.17) is 23.1 Å². The Morgan fingerprint density at radius 2 is 2.32 bits per heavy atom. The number of nitrogens with two attached hydrogens (primary N) is 1. The van der Waals surface area contributed by atoms with E-state index >= 15 is 0 Å². The minimum absolute atomic E-state index is 0.248. The van der Waals surface area contributed by atoms with Gasteiger partial charge in [-0.05, 0) is 37.0 Å². The number of nitrogens with zero attached hydrogens (tertiary/aromatic N) is 2. The zero-order valence-corrected chi connectivity index (χ0v) is 11.9. The van der Waals surface area contributed by atoms with Crippen LogP contribution in [0.5, 0.6) is 0 Å². The first-order valence-electron chi connectivity index (χ1n) is 6.80. The SMILES string of the molecule is NC(=S)c1cc(CN(CCCO)C2CCC2)ccn1. The molecule has 1 saturated carbocycles. The van der Waals surface area contributed by atoms with Crippen molar-refractivity contribution in [3.63, 3.8) is 0 Å². The summed E-state index contributed by atoms with van der Waals surface area (Å²) in [5.41, 5.74) is 7.48. The predicted molar refractivity (Wildman–Crippen MR) is 79.9 cm³/mol. The minimum Gasteiger partial charge on any atom is -0.396 e. The van der Waals surface area contributed by atoms with Crippen molar-refractivity contribution in [3.05, 3.63) is 29.6 Å². The van der Waals surface area contributed by atoms with E-state index in [0.29, 0.717) is 16.7 Å². The van der Waals surface area contributed by atoms with Gasteiger partial charge in [-0.2, -0.15) is 0 Å². The van der Waals surface area contributed by atoms with Crippen LogP contribution in [0.2, 0.25) is 0 Å². The van der Waals surface area contributed by atoms with Crippen LogP contribution < -0.4 is 5.73 Å². The summed E-state index contributed by atoms with van der Waals surface area (Å²) < 4.78 is 0. The fourth-order valence-electron chi connectivity index (χ4n) is 2.36. The number of pyridine rings is 1. The van der Waals surface area contributed by atoms with Crippen LogP contribution in [0.25, 0.3) is 0 Å². The topological polar surface area (TPSA) is 62.4 Å². The van der Waals surface area contributed by atoms with E-state index in [1.54, 1.807) is 6.20 Å². The number of thiocarbonyl (C=S) groups is 1. The number of hydrogen-bond acceptors (Lipinski definition) is 4. The molecule has 0 saturated heterocycles. The maximum atomic E-state index is 9.00. The molecule has 104 valence electrons. The molecule has 1 aliphatic rings. The maximum absolute atomic E-state index is 9.00. The second-order valence-electron chi connectivity index (χ2n) is 5.05. The molecule has 5 heteroatoms. The molecule has 1 aliphatic carbocycles. The predicted octanol–water partition coefficient (Wildman–Crippen LogP) is 1.45. The molecule has 0 aromatic carbocycles. The number of aliphatic hydroxyl groups is 1. The molecule has 1 fully saturated rings. The van der Waals surface area contributed by atoms with Crippen LogP contribution in [-0.2, 0) is 6.54 Å². The van der Waals surface area contributed by atoms with Gasteiger partial charge in [0, 0.05) is 31.9 Å². The largest absolute Gasteiger partial charge is 0.396 e. The lowest BCUT2D eigenvalue weighted by Crippen LogP contribution is -2.40. The third-order valence-electron chi connectivity index (χ3n) is 3.66. The first-order chi connectivity index (χ1) is 9.20. The van der Waals surface area contributed by atoms with Crippen LogP contribution in [0.15, 0.2) is 18.3 Å². The summed E-state index contributed by atoms with van der Waals surface area (Å²) in [6.45, 7) is 2.06. The van der Waals surface area contributed by atoms with Gasteiger partial charge in [-0.3, -0.25) is 9.88 Å². The summed E-state index contributed by atoms with van der Waals surface area (Å²) in [6, 6.07) is 4.63. The summed E-state index contributed by atoms with van der Waals surface area (Å²) in [5, 5.41) is 9.00. The molecule has 2 rings (SSSR count). The standard InChI is InChI=1S/C14H21N3OS/c15-14(19)13-9-11(5-6-16-13)10-17(7-2-8-18)12-3-1-4-12/h5-6,9,12,18H,1-4,7-8,10H2,(H2,15,19). The van der Waals surface area contributed by atoms with Crippen LogP contribution in [0.3, 0.4) is 0 Å². The van der Waals surface area contributed by atoms with Crippen molar-refractivity contribution in [2.24, 2.45) is 5.73 Å². The van der Waals surface area contributed by atoms with Crippen molar-refractivity contribution in [1.82, 2.24) is 9.88 Å². The van der Waals surface area contributed by atoms with Gasteiger partial charge in [0.25, 0.3) is 0 Å². The van der Waals surface area contributed by atoms with Crippen LogP contribution >= 0.6 is 12.2 Å². The molecule has 0 bridgehead atoms. The number of rotatable bonds is 7. The lowest BCUT2D eigenvalue weighted by Gasteiger charge is -2.37. The highest BCUT2D eigenvalue weighted by Crippen LogP contribution is 2.26. The lowest BCUT2D eigenvalue weighted by atomic mass is 9.91. The van der Waals surface area contributed by atoms with Gasteiger partial charge in [0.2, 0.25) is 0 Å². The normalized spacial score (nSPS) is 15.5.